The highest BCUT2D eigenvalue weighted by atomic mass is 32.2. The van der Waals surface area contributed by atoms with Gasteiger partial charge in [0, 0.05) is 11.6 Å². The zero-order chi connectivity index (χ0) is 16.4. The average molecular weight is 340 g/mol. The summed E-state index contributed by atoms with van der Waals surface area (Å²) in [4.78, 5) is -0.157. The topological polar surface area (TPSA) is 63.4 Å². The van der Waals surface area contributed by atoms with Crippen molar-refractivity contribution in [3.8, 4) is 0 Å². The smallest absolute Gasteiger partial charge is 0.389 e. The molecule has 0 unspecified atom stereocenters. The number of thiocarbonyl (C=S) groups is 1. The van der Waals surface area contributed by atoms with Crippen LogP contribution in [0.4, 0.5) is 13.2 Å². The van der Waals surface area contributed by atoms with Crippen molar-refractivity contribution < 1.29 is 21.6 Å². The maximum atomic E-state index is 12.5. The standard InChI is InChI=1S/C12H15F3N2O2S2/c1-8(2)17(7-12(13,14)15)21(18,19)10-5-3-9(4-6-10)11(16)20/h3-6,8H,7H2,1-2H3,(H2,16,20). The van der Waals surface area contributed by atoms with Crippen molar-refractivity contribution in [2.24, 2.45) is 5.73 Å². The molecule has 0 atom stereocenters. The second-order valence-electron chi connectivity index (χ2n) is 4.65. The number of hydrogen-bond acceptors (Lipinski definition) is 3. The van der Waals surface area contributed by atoms with Crippen molar-refractivity contribution in [2.75, 3.05) is 6.54 Å². The number of rotatable bonds is 5. The van der Waals surface area contributed by atoms with Gasteiger partial charge in [-0.25, -0.2) is 8.42 Å². The van der Waals surface area contributed by atoms with Crippen molar-refractivity contribution in [3.05, 3.63) is 29.8 Å². The molecule has 2 N–H and O–H groups in total. The van der Waals surface area contributed by atoms with Gasteiger partial charge in [-0.3, -0.25) is 0 Å². The highest BCUT2D eigenvalue weighted by Gasteiger charge is 2.38. The van der Waals surface area contributed by atoms with Crippen molar-refractivity contribution in [1.82, 2.24) is 4.31 Å². The number of nitrogens with two attached hydrogens (primary N) is 1. The SMILES string of the molecule is CC(C)N(CC(F)(F)F)S(=O)(=O)c1ccc(C(N)=S)cc1. The minimum absolute atomic E-state index is 0.0787. The molecule has 21 heavy (non-hydrogen) atoms. The van der Waals surface area contributed by atoms with E-state index in [0.29, 0.717) is 9.87 Å². The molecular weight excluding hydrogens is 325 g/mol. The largest absolute Gasteiger partial charge is 0.402 e. The summed E-state index contributed by atoms with van der Waals surface area (Å²) in [5.41, 5.74) is 5.83. The normalized spacial score (nSPS) is 12.9. The number of benzene rings is 1. The summed E-state index contributed by atoms with van der Waals surface area (Å²) >= 11 is 4.73. The molecular formula is C12H15F3N2O2S2. The Hall–Kier alpha value is -1.19. The third-order valence-corrected chi connectivity index (χ3v) is 4.93. The fraction of sp³-hybridized carbons (Fsp3) is 0.417. The lowest BCUT2D eigenvalue weighted by atomic mass is 10.2. The minimum Gasteiger partial charge on any atom is -0.389 e. The average Bonchev–Trinajstić information content (AvgIpc) is 2.34. The summed E-state index contributed by atoms with van der Waals surface area (Å²) in [7, 11) is -4.25. The van der Waals surface area contributed by atoms with E-state index in [1.165, 1.54) is 38.1 Å². The van der Waals surface area contributed by atoms with Crippen LogP contribution in [-0.4, -0.2) is 36.5 Å². The molecule has 1 aromatic carbocycles. The van der Waals surface area contributed by atoms with E-state index in [1.54, 1.807) is 0 Å². The van der Waals surface area contributed by atoms with Gasteiger partial charge in [0.1, 0.15) is 11.5 Å². The number of nitrogens with zero attached hydrogens (tertiary/aromatic N) is 1. The number of halogens is 3. The van der Waals surface area contributed by atoms with Crippen LogP contribution in [0.15, 0.2) is 29.2 Å². The van der Waals surface area contributed by atoms with E-state index in [2.05, 4.69) is 0 Å². The van der Waals surface area contributed by atoms with Crippen LogP contribution in [0.5, 0.6) is 0 Å². The van der Waals surface area contributed by atoms with E-state index < -0.39 is 28.8 Å². The summed E-state index contributed by atoms with van der Waals surface area (Å²) in [6.07, 6.45) is -4.61. The molecule has 0 aromatic heterocycles. The molecule has 0 fully saturated rings. The summed E-state index contributed by atoms with van der Waals surface area (Å²) in [5.74, 6) is 0. The lowest BCUT2D eigenvalue weighted by Crippen LogP contribution is -2.43. The van der Waals surface area contributed by atoms with E-state index in [-0.39, 0.29) is 9.88 Å². The molecule has 0 bridgehead atoms. The van der Waals surface area contributed by atoms with Gasteiger partial charge < -0.3 is 5.73 Å². The molecule has 0 saturated heterocycles. The monoisotopic (exact) mass is 340 g/mol. The fourth-order valence-electron chi connectivity index (χ4n) is 1.65. The Bertz CT molecular complexity index is 610. The Morgan fingerprint density at radius 2 is 1.76 bits per heavy atom. The number of hydrogen-bond donors (Lipinski definition) is 1. The first-order chi connectivity index (χ1) is 9.45. The van der Waals surface area contributed by atoms with E-state index in [9.17, 15) is 21.6 Å². The molecule has 0 heterocycles. The van der Waals surface area contributed by atoms with E-state index in [4.69, 9.17) is 18.0 Å². The minimum atomic E-state index is -4.61. The highest BCUT2D eigenvalue weighted by Crippen LogP contribution is 2.24. The van der Waals surface area contributed by atoms with Crippen LogP contribution in [0.25, 0.3) is 0 Å². The number of alkyl halides is 3. The van der Waals surface area contributed by atoms with Gasteiger partial charge >= 0.3 is 6.18 Å². The van der Waals surface area contributed by atoms with Gasteiger partial charge in [0.2, 0.25) is 10.0 Å². The van der Waals surface area contributed by atoms with Crippen molar-refractivity contribution in [3.63, 3.8) is 0 Å². The zero-order valence-corrected chi connectivity index (χ0v) is 13.0. The Balaban J connectivity index is 3.20. The van der Waals surface area contributed by atoms with Crippen molar-refractivity contribution >= 4 is 27.2 Å². The zero-order valence-electron chi connectivity index (χ0n) is 11.4. The van der Waals surface area contributed by atoms with E-state index >= 15 is 0 Å². The van der Waals surface area contributed by atoms with Gasteiger partial charge in [-0.2, -0.15) is 17.5 Å². The number of sulfonamides is 1. The Labute approximate surface area is 126 Å². The lowest BCUT2D eigenvalue weighted by molar-refractivity contribution is -0.138. The second-order valence-corrected chi connectivity index (χ2v) is 6.98. The molecule has 0 aliphatic heterocycles. The molecule has 4 nitrogen and oxygen atoms in total. The Morgan fingerprint density at radius 3 is 2.10 bits per heavy atom. The molecule has 1 rings (SSSR count). The van der Waals surface area contributed by atoms with Gasteiger partial charge in [-0.05, 0) is 26.0 Å². The van der Waals surface area contributed by atoms with Crippen molar-refractivity contribution in [2.45, 2.75) is 31.0 Å². The van der Waals surface area contributed by atoms with E-state index in [1.807, 2.05) is 0 Å². The third-order valence-electron chi connectivity index (χ3n) is 2.66. The Morgan fingerprint density at radius 1 is 1.29 bits per heavy atom. The molecule has 0 aliphatic rings. The predicted octanol–water partition coefficient (Wildman–Crippen LogP) is 2.28. The van der Waals surface area contributed by atoms with Crippen LogP contribution in [0.2, 0.25) is 0 Å². The Kier molecular flexibility index (Phi) is 5.35. The van der Waals surface area contributed by atoms with Crippen LogP contribution in [0, 0.1) is 0 Å². The van der Waals surface area contributed by atoms with Crippen LogP contribution >= 0.6 is 12.2 Å². The third kappa shape index (κ3) is 4.65. The highest BCUT2D eigenvalue weighted by molar-refractivity contribution is 7.89. The van der Waals surface area contributed by atoms with Crippen molar-refractivity contribution in [1.29, 1.82) is 0 Å². The maximum absolute atomic E-state index is 12.5. The first kappa shape index (κ1) is 17.9. The molecule has 9 heteroatoms. The first-order valence-corrected chi connectivity index (χ1v) is 7.78. The molecule has 0 spiro atoms. The van der Waals surface area contributed by atoms with Gasteiger partial charge in [0.15, 0.2) is 0 Å². The first-order valence-electron chi connectivity index (χ1n) is 5.93. The van der Waals surface area contributed by atoms with Crippen LogP contribution in [0.3, 0.4) is 0 Å². The molecule has 0 amide bonds. The summed E-state index contributed by atoms with van der Waals surface area (Å²) < 4.78 is 62.6. The predicted molar refractivity (Wildman–Crippen MR) is 77.4 cm³/mol. The van der Waals surface area contributed by atoms with Gasteiger partial charge in [0.05, 0.1) is 4.90 Å². The molecule has 0 aliphatic carbocycles. The maximum Gasteiger partial charge on any atom is 0.402 e. The second kappa shape index (κ2) is 6.29. The van der Waals surface area contributed by atoms with Crippen LogP contribution < -0.4 is 5.73 Å². The molecule has 0 radical (unpaired) electrons. The molecule has 118 valence electrons. The van der Waals surface area contributed by atoms with Gasteiger partial charge in [-0.15, -0.1) is 0 Å². The molecule has 0 saturated carbocycles. The van der Waals surface area contributed by atoms with Gasteiger partial charge in [0.25, 0.3) is 0 Å². The summed E-state index contributed by atoms with van der Waals surface area (Å²) in [5, 5.41) is 0. The quantitative estimate of drug-likeness (QED) is 0.836. The lowest BCUT2D eigenvalue weighted by Gasteiger charge is -2.26. The fourth-order valence-corrected chi connectivity index (χ4v) is 3.41. The van der Waals surface area contributed by atoms with Crippen LogP contribution in [0.1, 0.15) is 19.4 Å². The van der Waals surface area contributed by atoms with E-state index in [0.717, 1.165) is 0 Å². The summed E-state index contributed by atoms with van der Waals surface area (Å²) in [6.45, 7) is 1.23. The summed E-state index contributed by atoms with van der Waals surface area (Å²) in [6, 6.07) is 4.28. The van der Waals surface area contributed by atoms with Crippen LogP contribution in [-0.2, 0) is 10.0 Å². The van der Waals surface area contributed by atoms with Gasteiger partial charge in [-0.1, -0.05) is 24.4 Å². The molecule has 1 aromatic rings.